The predicted octanol–water partition coefficient (Wildman–Crippen LogP) is 5.56. The van der Waals surface area contributed by atoms with Gasteiger partial charge in [-0.15, -0.1) is 5.10 Å². The van der Waals surface area contributed by atoms with Crippen molar-refractivity contribution < 1.29 is 9.13 Å². The van der Waals surface area contributed by atoms with E-state index in [2.05, 4.69) is 26.6 Å². The molecule has 9 heteroatoms. The van der Waals surface area contributed by atoms with E-state index < -0.39 is 0 Å². The number of pyridine rings is 1. The summed E-state index contributed by atoms with van der Waals surface area (Å²) in [7, 11) is 4.98. The molecule has 0 radical (unpaired) electrons. The molecule has 2 aromatic heterocycles. The standard InChI is InChI=1S/C24H19ClFN5O.C2H6O.C2H6/c1-27-29-23-21(17-5-7-19(25)8-6-17)22(18-11-13-28-14-12-18)24(32)31(30(23)2)15-16-3-9-20(26)10-4-16;1-3-2;1-2/h3-14H,1,15H2,2H3;1-2H3;1-2H3/b29-23-;;. The summed E-state index contributed by atoms with van der Waals surface area (Å²) < 4.78 is 20.8. The Balaban J connectivity index is 0.000000898. The van der Waals surface area contributed by atoms with E-state index in [1.165, 1.54) is 16.8 Å². The zero-order valence-electron chi connectivity index (χ0n) is 21.7. The molecule has 4 aromatic rings. The van der Waals surface area contributed by atoms with E-state index in [9.17, 15) is 9.18 Å². The summed E-state index contributed by atoms with van der Waals surface area (Å²) in [4.78, 5) is 17.9. The fourth-order valence-electron chi connectivity index (χ4n) is 3.56. The molecule has 7 nitrogen and oxygen atoms in total. The lowest BCUT2D eigenvalue weighted by atomic mass is 9.97. The lowest BCUT2D eigenvalue weighted by Gasteiger charge is -2.19. The van der Waals surface area contributed by atoms with Crippen LogP contribution in [0.1, 0.15) is 19.4 Å². The van der Waals surface area contributed by atoms with Crippen LogP contribution in [-0.2, 0) is 18.3 Å². The second kappa shape index (κ2) is 14.6. The second-order valence-electron chi connectivity index (χ2n) is 7.48. The van der Waals surface area contributed by atoms with Crippen LogP contribution in [0.2, 0.25) is 5.02 Å². The average molecular weight is 524 g/mol. The summed E-state index contributed by atoms with van der Waals surface area (Å²) in [6, 6.07) is 16.7. The summed E-state index contributed by atoms with van der Waals surface area (Å²) in [5.74, 6) is -0.340. The van der Waals surface area contributed by atoms with E-state index >= 15 is 0 Å². The Hall–Kier alpha value is -3.88. The van der Waals surface area contributed by atoms with Gasteiger partial charge in [0.1, 0.15) is 5.82 Å². The summed E-state index contributed by atoms with van der Waals surface area (Å²) >= 11 is 6.09. The van der Waals surface area contributed by atoms with Crippen molar-refractivity contribution in [1.29, 1.82) is 0 Å². The molecule has 2 aromatic carbocycles. The van der Waals surface area contributed by atoms with Crippen molar-refractivity contribution in [3.8, 4) is 22.3 Å². The quantitative estimate of drug-likeness (QED) is 0.254. The Morgan fingerprint density at radius 1 is 0.946 bits per heavy atom. The number of halogens is 2. The number of ether oxygens (including phenoxy) is 1. The number of hydrogen-bond acceptors (Lipinski definition) is 5. The molecule has 0 N–H and O–H groups in total. The van der Waals surface area contributed by atoms with Gasteiger partial charge in [0.05, 0.1) is 12.1 Å². The molecule has 0 spiro atoms. The average Bonchev–Trinajstić information content (AvgIpc) is 2.92. The van der Waals surface area contributed by atoms with Gasteiger partial charge in [-0.1, -0.05) is 49.7 Å². The Kier molecular flexibility index (Phi) is 11.6. The van der Waals surface area contributed by atoms with Crippen LogP contribution in [0, 0.1) is 5.82 Å². The second-order valence-corrected chi connectivity index (χ2v) is 7.92. The fourth-order valence-corrected chi connectivity index (χ4v) is 3.68. The predicted molar refractivity (Wildman–Crippen MR) is 148 cm³/mol. The molecule has 0 saturated carbocycles. The SMILES string of the molecule is C=N/N=c1/c(-c2ccc(Cl)cc2)c(-c2ccncc2)c(=O)n(Cc2ccc(F)cc2)n1C.CC.COC. The van der Waals surface area contributed by atoms with Crippen molar-refractivity contribution in [2.75, 3.05) is 14.2 Å². The number of benzene rings is 2. The minimum atomic E-state index is -0.340. The third-order valence-corrected chi connectivity index (χ3v) is 5.36. The molecule has 0 bridgehead atoms. The van der Waals surface area contributed by atoms with Gasteiger partial charge in [0.2, 0.25) is 0 Å². The van der Waals surface area contributed by atoms with Crippen molar-refractivity contribution in [2.45, 2.75) is 20.4 Å². The van der Waals surface area contributed by atoms with Crippen LogP contribution >= 0.6 is 11.6 Å². The van der Waals surface area contributed by atoms with Gasteiger partial charge < -0.3 is 4.74 Å². The maximum atomic E-state index is 13.8. The van der Waals surface area contributed by atoms with Crippen molar-refractivity contribution in [1.82, 2.24) is 14.3 Å². The van der Waals surface area contributed by atoms with Gasteiger partial charge >= 0.3 is 0 Å². The van der Waals surface area contributed by atoms with Gasteiger partial charge in [-0.2, -0.15) is 5.10 Å². The van der Waals surface area contributed by atoms with Crippen molar-refractivity contribution in [2.24, 2.45) is 17.3 Å². The first-order valence-corrected chi connectivity index (χ1v) is 11.9. The van der Waals surface area contributed by atoms with Crippen molar-refractivity contribution in [3.05, 3.63) is 105 Å². The molecule has 37 heavy (non-hydrogen) atoms. The number of aromatic nitrogens is 3. The van der Waals surface area contributed by atoms with Crippen LogP contribution < -0.4 is 11.0 Å². The van der Waals surface area contributed by atoms with Crippen LogP contribution in [0.25, 0.3) is 22.3 Å². The van der Waals surface area contributed by atoms with E-state index in [0.717, 1.165) is 11.1 Å². The first-order chi connectivity index (χ1) is 17.9. The fraction of sp³-hybridized carbons (Fsp3) is 0.214. The van der Waals surface area contributed by atoms with Crippen molar-refractivity contribution >= 4 is 18.3 Å². The monoisotopic (exact) mass is 523 g/mol. The Bertz CT molecular complexity index is 1410. The van der Waals surface area contributed by atoms with Gasteiger partial charge in [0, 0.05) is 51.0 Å². The van der Waals surface area contributed by atoms with E-state index in [1.807, 2.05) is 26.0 Å². The lowest BCUT2D eigenvalue weighted by Crippen LogP contribution is -2.40. The van der Waals surface area contributed by atoms with Crippen LogP contribution in [0.4, 0.5) is 4.39 Å². The van der Waals surface area contributed by atoms with Crippen LogP contribution in [0.15, 0.2) is 88.1 Å². The van der Waals surface area contributed by atoms with E-state index in [1.54, 1.807) is 74.7 Å². The minimum Gasteiger partial charge on any atom is -0.388 e. The molecule has 0 saturated heterocycles. The van der Waals surface area contributed by atoms with E-state index in [-0.39, 0.29) is 17.9 Å². The smallest absolute Gasteiger partial charge is 0.274 e. The maximum absolute atomic E-state index is 13.8. The highest BCUT2D eigenvalue weighted by molar-refractivity contribution is 6.30. The molecule has 0 amide bonds. The molecular weight excluding hydrogens is 493 g/mol. The first kappa shape index (κ1) is 29.4. The Morgan fingerprint density at radius 3 is 2.03 bits per heavy atom. The van der Waals surface area contributed by atoms with Crippen molar-refractivity contribution in [3.63, 3.8) is 0 Å². The molecule has 0 aliphatic rings. The first-order valence-electron chi connectivity index (χ1n) is 11.6. The highest BCUT2D eigenvalue weighted by Gasteiger charge is 2.20. The minimum absolute atomic E-state index is 0.217. The lowest BCUT2D eigenvalue weighted by molar-refractivity contribution is 0.277. The highest BCUT2D eigenvalue weighted by atomic mass is 35.5. The molecule has 0 aliphatic heterocycles. The van der Waals surface area contributed by atoms with Gasteiger partial charge in [-0.05, 0) is 53.1 Å². The van der Waals surface area contributed by atoms with Gasteiger partial charge in [-0.3, -0.25) is 14.5 Å². The molecule has 0 fully saturated rings. The molecule has 2 heterocycles. The van der Waals surface area contributed by atoms with Crippen LogP contribution in [0.5, 0.6) is 0 Å². The van der Waals surface area contributed by atoms with Gasteiger partial charge in [-0.25, -0.2) is 9.07 Å². The molecule has 0 aliphatic carbocycles. The van der Waals surface area contributed by atoms with Gasteiger partial charge in [0.25, 0.3) is 5.56 Å². The number of rotatable bonds is 5. The van der Waals surface area contributed by atoms with E-state index in [0.29, 0.717) is 27.2 Å². The molecule has 0 unspecified atom stereocenters. The summed E-state index contributed by atoms with van der Waals surface area (Å²) in [5.41, 5.74) is 3.45. The summed E-state index contributed by atoms with van der Waals surface area (Å²) in [5, 5.41) is 8.58. The summed E-state index contributed by atoms with van der Waals surface area (Å²) in [6.45, 7) is 7.72. The maximum Gasteiger partial charge on any atom is 0.274 e. The highest BCUT2D eigenvalue weighted by Crippen LogP contribution is 2.27. The Labute approximate surface area is 221 Å². The largest absolute Gasteiger partial charge is 0.388 e. The number of hydrogen-bond donors (Lipinski definition) is 0. The molecule has 194 valence electrons. The number of methoxy groups -OCH3 is 1. The third kappa shape index (κ3) is 7.31. The summed E-state index contributed by atoms with van der Waals surface area (Å²) in [6.07, 6.45) is 3.25. The van der Waals surface area contributed by atoms with Crippen LogP contribution in [-0.4, -0.2) is 35.3 Å². The normalized spacial score (nSPS) is 10.6. The Morgan fingerprint density at radius 2 is 1.49 bits per heavy atom. The number of nitrogens with zero attached hydrogens (tertiary/aromatic N) is 5. The zero-order valence-corrected chi connectivity index (χ0v) is 22.4. The molecule has 4 rings (SSSR count). The zero-order chi connectivity index (χ0) is 27.4. The van der Waals surface area contributed by atoms with Crippen LogP contribution in [0.3, 0.4) is 0 Å². The third-order valence-electron chi connectivity index (χ3n) is 5.10. The molecular formula is C28H31ClFN5O2. The molecule has 0 atom stereocenters. The van der Waals surface area contributed by atoms with E-state index in [4.69, 9.17) is 11.6 Å². The topological polar surface area (TPSA) is 73.8 Å². The van der Waals surface area contributed by atoms with Gasteiger partial charge in [0.15, 0.2) is 5.49 Å².